The van der Waals surface area contributed by atoms with Gasteiger partial charge in [-0.2, -0.15) is 0 Å². The van der Waals surface area contributed by atoms with Crippen molar-refractivity contribution in [3.05, 3.63) is 66.0 Å². The van der Waals surface area contributed by atoms with Crippen LogP contribution in [0.5, 0.6) is 0 Å². The molecule has 3 nitrogen and oxygen atoms in total. The minimum absolute atomic E-state index is 0.336. The molecule has 0 bridgehead atoms. The van der Waals surface area contributed by atoms with Crippen molar-refractivity contribution in [2.45, 2.75) is 13.8 Å². The molecule has 3 rings (SSSR count). The lowest BCUT2D eigenvalue weighted by molar-refractivity contribution is 0.622. The van der Waals surface area contributed by atoms with Crippen molar-refractivity contribution in [2.24, 2.45) is 0 Å². The molecule has 0 aliphatic rings. The van der Waals surface area contributed by atoms with Crippen molar-refractivity contribution in [3.63, 3.8) is 0 Å². The Hall–Kier alpha value is -2.49. The van der Waals surface area contributed by atoms with Gasteiger partial charge in [0, 0.05) is 23.1 Å². The van der Waals surface area contributed by atoms with E-state index in [1.54, 1.807) is 12.3 Å². The molecule has 0 N–H and O–H groups in total. The Morgan fingerprint density at radius 1 is 0.850 bits per heavy atom. The second-order valence-electron chi connectivity index (χ2n) is 4.72. The van der Waals surface area contributed by atoms with Crippen molar-refractivity contribution in [3.8, 4) is 17.1 Å². The fourth-order valence-corrected chi connectivity index (χ4v) is 2.25. The van der Waals surface area contributed by atoms with Crippen LogP contribution in [0.1, 0.15) is 11.4 Å². The van der Waals surface area contributed by atoms with Crippen LogP contribution in [-0.4, -0.2) is 14.5 Å². The molecule has 0 saturated carbocycles. The molecule has 0 atom stereocenters. The predicted octanol–water partition coefficient (Wildman–Crippen LogP) is 3.69. The highest BCUT2D eigenvalue weighted by Gasteiger charge is 2.06. The molecule has 0 amide bonds. The third-order valence-corrected chi connectivity index (χ3v) is 3.27. The molecular formula is C16H14FN3. The maximum Gasteiger partial charge on any atom is 0.141 e. The number of halogens is 1. The van der Waals surface area contributed by atoms with Crippen LogP contribution in [0, 0.1) is 19.7 Å². The van der Waals surface area contributed by atoms with E-state index in [1.807, 2.05) is 26.0 Å². The summed E-state index contributed by atoms with van der Waals surface area (Å²) in [7, 11) is 0. The fourth-order valence-electron chi connectivity index (χ4n) is 2.25. The van der Waals surface area contributed by atoms with Crippen LogP contribution in [0.25, 0.3) is 17.1 Å². The predicted molar refractivity (Wildman–Crippen MR) is 76.2 cm³/mol. The Balaban J connectivity index is 1.98. The average Bonchev–Trinajstić information content (AvgIpc) is 2.79. The van der Waals surface area contributed by atoms with E-state index in [0.717, 1.165) is 22.8 Å². The van der Waals surface area contributed by atoms with E-state index in [-0.39, 0.29) is 5.82 Å². The largest absolute Gasteiger partial charge is 0.303 e. The Kier molecular flexibility index (Phi) is 3.06. The maximum atomic E-state index is 12.9. The second-order valence-corrected chi connectivity index (χ2v) is 4.72. The van der Waals surface area contributed by atoms with Gasteiger partial charge in [0.2, 0.25) is 0 Å². The monoisotopic (exact) mass is 267 g/mol. The molecule has 3 aromatic rings. The van der Waals surface area contributed by atoms with Crippen LogP contribution in [0.2, 0.25) is 0 Å². The van der Waals surface area contributed by atoms with Gasteiger partial charge in [0.05, 0.1) is 11.9 Å². The Labute approximate surface area is 116 Å². The van der Waals surface area contributed by atoms with E-state index < -0.39 is 0 Å². The van der Waals surface area contributed by atoms with Gasteiger partial charge in [-0.25, -0.2) is 9.37 Å². The van der Waals surface area contributed by atoms with E-state index >= 15 is 0 Å². The number of pyridine rings is 2. The van der Waals surface area contributed by atoms with Gasteiger partial charge in [-0.05, 0) is 50.2 Å². The van der Waals surface area contributed by atoms with E-state index in [1.165, 1.54) is 12.3 Å². The summed E-state index contributed by atoms with van der Waals surface area (Å²) in [6, 6.07) is 11.1. The number of aryl methyl sites for hydroxylation is 2. The molecule has 0 fully saturated rings. The Bertz CT molecular complexity index is 708. The van der Waals surface area contributed by atoms with Crippen molar-refractivity contribution < 1.29 is 4.39 Å². The van der Waals surface area contributed by atoms with Crippen LogP contribution in [0.15, 0.2) is 48.8 Å². The molecule has 3 heterocycles. The van der Waals surface area contributed by atoms with E-state index in [0.29, 0.717) is 5.69 Å². The molecule has 0 radical (unpaired) electrons. The first-order valence-corrected chi connectivity index (χ1v) is 6.38. The highest BCUT2D eigenvalue weighted by Crippen LogP contribution is 2.19. The van der Waals surface area contributed by atoms with Crippen LogP contribution < -0.4 is 0 Å². The average molecular weight is 267 g/mol. The van der Waals surface area contributed by atoms with E-state index in [2.05, 4.69) is 26.7 Å². The lowest BCUT2D eigenvalue weighted by Crippen LogP contribution is -2.01. The lowest BCUT2D eigenvalue weighted by atomic mass is 10.2. The molecule has 4 heteroatoms. The number of rotatable bonds is 2. The van der Waals surface area contributed by atoms with Crippen LogP contribution in [0.3, 0.4) is 0 Å². The Morgan fingerprint density at radius 2 is 1.60 bits per heavy atom. The molecule has 3 aromatic heterocycles. The number of hydrogen-bond donors (Lipinski definition) is 0. The zero-order valence-electron chi connectivity index (χ0n) is 11.3. The summed E-state index contributed by atoms with van der Waals surface area (Å²) < 4.78 is 14.9. The topological polar surface area (TPSA) is 30.7 Å². The molecule has 100 valence electrons. The second kappa shape index (κ2) is 4.89. The van der Waals surface area contributed by atoms with Gasteiger partial charge in [0.15, 0.2) is 0 Å². The van der Waals surface area contributed by atoms with Gasteiger partial charge in [-0.1, -0.05) is 0 Å². The summed E-state index contributed by atoms with van der Waals surface area (Å²) in [4.78, 5) is 8.53. The van der Waals surface area contributed by atoms with Crippen LogP contribution in [0.4, 0.5) is 4.39 Å². The van der Waals surface area contributed by atoms with Crippen molar-refractivity contribution in [2.75, 3.05) is 0 Å². The molecule has 20 heavy (non-hydrogen) atoms. The standard InChI is InChI=1S/C16H14FN3/c1-11-3-4-12(2)20(11)16-8-5-13(9-19-16)15-7-6-14(17)10-18-15/h3-10H,1-2H3. The third kappa shape index (κ3) is 2.20. The molecule has 0 spiro atoms. The minimum atomic E-state index is -0.336. The molecule has 0 aromatic carbocycles. The zero-order valence-corrected chi connectivity index (χ0v) is 11.3. The van der Waals surface area contributed by atoms with Gasteiger partial charge in [-0.3, -0.25) is 4.98 Å². The molecule has 0 saturated heterocycles. The summed E-state index contributed by atoms with van der Waals surface area (Å²) in [5, 5.41) is 0. The van der Waals surface area contributed by atoms with Gasteiger partial charge < -0.3 is 4.57 Å². The summed E-state index contributed by atoms with van der Waals surface area (Å²) in [5.74, 6) is 0.535. The normalized spacial score (nSPS) is 10.8. The highest BCUT2D eigenvalue weighted by atomic mass is 19.1. The summed E-state index contributed by atoms with van der Waals surface area (Å²) in [6.45, 7) is 4.09. The highest BCUT2D eigenvalue weighted by molar-refractivity contribution is 5.58. The molecule has 0 unspecified atom stereocenters. The van der Waals surface area contributed by atoms with Gasteiger partial charge >= 0.3 is 0 Å². The first kappa shape index (κ1) is 12.5. The van der Waals surface area contributed by atoms with Crippen LogP contribution >= 0.6 is 0 Å². The summed E-state index contributed by atoms with van der Waals surface area (Å²) in [6.07, 6.45) is 2.97. The van der Waals surface area contributed by atoms with Gasteiger partial charge in [-0.15, -0.1) is 0 Å². The number of hydrogen-bond acceptors (Lipinski definition) is 2. The molecular weight excluding hydrogens is 253 g/mol. The smallest absolute Gasteiger partial charge is 0.141 e. The molecule has 0 aliphatic heterocycles. The van der Waals surface area contributed by atoms with Gasteiger partial charge in [0.1, 0.15) is 11.6 Å². The quantitative estimate of drug-likeness (QED) is 0.709. The van der Waals surface area contributed by atoms with Crippen LogP contribution in [-0.2, 0) is 0 Å². The number of aromatic nitrogens is 3. The van der Waals surface area contributed by atoms with Gasteiger partial charge in [0.25, 0.3) is 0 Å². The van der Waals surface area contributed by atoms with Crippen molar-refractivity contribution in [1.29, 1.82) is 0 Å². The molecule has 0 aliphatic carbocycles. The van der Waals surface area contributed by atoms with E-state index in [9.17, 15) is 4.39 Å². The zero-order chi connectivity index (χ0) is 14.1. The SMILES string of the molecule is Cc1ccc(C)n1-c1ccc(-c2ccc(F)cn2)cn1. The lowest BCUT2D eigenvalue weighted by Gasteiger charge is -2.09. The third-order valence-electron chi connectivity index (χ3n) is 3.27. The fraction of sp³-hybridized carbons (Fsp3) is 0.125. The van der Waals surface area contributed by atoms with Crippen molar-refractivity contribution >= 4 is 0 Å². The number of nitrogens with zero attached hydrogens (tertiary/aromatic N) is 3. The first-order valence-electron chi connectivity index (χ1n) is 6.38. The first-order chi connectivity index (χ1) is 9.65. The summed E-state index contributed by atoms with van der Waals surface area (Å²) in [5.41, 5.74) is 3.87. The van der Waals surface area contributed by atoms with Crippen molar-refractivity contribution in [1.82, 2.24) is 14.5 Å². The summed E-state index contributed by atoms with van der Waals surface area (Å²) >= 11 is 0. The minimum Gasteiger partial charge on any atom is -0.303 e. The van der Waals surface area contributed by atoms with E-state index in [4.69, 9.17) is 0 Å². The Morgan fingerprint density at radius 3 is 2.15 bits per heavy atom. The maximum absolute atomic E-state index is 12.9.